The van der Waals surface area contributed by atoms with Crippen molar-refractivity contribution < 1.29 is 5.11 Å². The minimum absolute atomic E-state index is 0.507. The Balaban J connectivity index is 4.70. The number of aliphatic hydroxyl groups is 1. The van der Waals surface area contributed by atoms with Crippen molar-refractivity contribution in [2.75, 3.05) is 0 Å². The van der Waals surface area contributed by atoms with Crippen molar-refractivity contribution in [3.8, 4) is 0 Å². The molecule has 0 aromatic rings. The second-order valence-corrected chi connectivity index (χ2v) is 2.82. The minimum atomic E-state index is -0.884. The molecule has 0 atom stereocenters. The third-order valence-electron chi connectivity index (χ3n) is 1.93. The molecule has 0 aliphatic heterocycles. The maximum atomic E-state index is 10.00. The molecule has 0 bridgehead atoms. The summed E-state index contributed by atoms with van der Waals surface area (Å²) in [4.78, 5) is 0. The minimum Gasteiger partial charge on any atom is -0.384 e. The molecular weight excluding hydrogens is 148 g/mol. The summed E-state index contributed by atoms with van der Waals surface area (Å²) in [5.74, 6) is 0. The van der Waals surface area contributed by atoms with Crippen LogP contribution in [0.15, 0.2) is 43.2 Å². The highest BCUT2D eigenvalue weighted by molar-refractivity contribution is 5.16. The van der Waals surface area contributed by atoms with E-state index in [4.69, 9.17) is 0 Å². The van der Waals surface area contributed by atoms with Gasteiger partial charge in [0.05, 0.1) is 5.60 Å². The van der Waals surface area contributed by atoms with E-state index in [0.29, 0.717) is 12.8 Å². The Labute approximate surface area is 74.4 Å². The van der Waals surface area contributed by atoms with Gasteiger partial charge in [-0.25, -0.2) is 0 Å². The van der Waals surface area contributed by atoms with Crippen molar-refractivity contribution in [2.45, 2.75) is 25.4 Å². The highest BCUT2D eigenvalue weighted by Gasteiger charge is 2.25. The highest BCUT2D eigenvalue weighted by atomic mass is 16.3. The number of hydrogen-bond donors (Lipinski definition) is 1. The Kier molecular flexibility index (Phi) is 4.35. The van der Waals surface area contributed by atoms with Crippen molar-refractivity contribution >= 4 is 0 Å². The number of hydrogen-bond acceptors (Lipinski definition) is 1. The van der Waals surface area contributed by atoms with Crippen LogP contribution < -0.4 is 0 Å². The van der Waals surface area contributed by atoms with Crippen LogP contribution in [0, 0.1) is 0 Å². The van der Waals surface area contributed by atoms with Crippen molar-refractivity contribution in [1.29, 1.82) is 0 Å². The molecule has 0 aliphatic rings. The molecule has 0 radical (unpaired) electrons. The van der Waals surface area contributed by atoms with Gasteiger partial charge in [0.1, 0.15) is 0 Å². The molecule has 1 N–H and O–H groups in total. The third kappa shape index (κ3) is 2.54. The van der Waals surface area contributed by atoms with Crippen LogP contribution in [0.2, 0.25) is 0 Å². The SMILES string of the molecule is C=C=C(C)C(O)(CC=C)CC=C. The molecule has 12 heavy (non-hydrogen) atoms. The Morgan fingerprint density at radius 1 is 1.42 bits per heavy atom. The van der Waals surface area contributed by atoms with Crippen LogP contribution in [0.1, 0.15) is 19.8 Å². The lowest BCUT2D eigenvalue weighted by Gasteiger charge is -2.25. The summed E-state index contributed by atoms with van der Waals surface area (Å²) >= 11 is 0. The smallest absolute Gasteiger partial charge is 0.0995 e. The molecule has 0 unspecified atom stereocenters. The summed E-state index contributed by atoms with van der Waals surface area (Å²) in [6, 6.07) is 0. The average molecular weight is 164 g/mol. The second-order valence-electron chi connectivity index (χ2n) is 2.82. The fraction of sp³-hybridized carbons (Fsp3) is 0.364. The summed E-state index contributed by atoms with van der Waals surface area (Å²) in [5, 5.41) is 10.00. The molecule has 0 fully saturated rings. The molecule has 0 spiro atoms. The third-order valence-corrected chi connectivity index (χ3v) is 1.93. The first kappa shape index (κ1) is 11.0. The fourth-order valence-electron chi connectivity index (χ4n) is 1.03. The summed E-state index contributed by atoms with van der Waals surface area (Å²) in [6.45, 7) is 12.5. The average Bonchev–Trinajstić information content (AvgIpc) is 2.04. The van der Waals surface area contributed by atoms with E-state index in [-0.39, 0.29) is 0 Å². The van der Waals surface area contributed by atoms with E-state index in [2.05, 4.69) is 25.5 Å². The van der Waals surface area contributed by atoms with E-state index in [9.17, 15) is 5.11 Å². The zero-order valence-corrected chi connectivity index (χ0v) is 7.64. The van der Waals surface area contributed by atoms with E-state index >= 15 is 0 Å². The molecule has 0 saturated heterocycles. The van der Waals surface area contributed by atoms with Crippen LogP contribution in [0.5, 0.6) is 0 Å². The predicted molar refractivity (Wildman–Crippen MR) is 52.9 cm³/mol. The molecular formula is C11H16O. The summed E-state index contributed by atoms with van der Waals surface area (Å²) in [6.07, 6.45) is 4.38. The maximum absolute atomic E-state index is 10.00. The van der Waals surface area contributed by atoms with Crippen LogP contribution in [0.4, 0.5) is 0 Å². The molecule has 1 heteroatoms. The molecule has 0 rings (SSSR count). The van der Waals surface area contributed by atoms with Gasteiger partial charge in [-0.15, -0.1) is 18.9 Å². The van der Waals surface area contributed by atoms with Gasteiger partial charge in [0.2, 0.25) is 0 Å². The second kappa shape index (κ2) is 4.76. The van der Waals surface area contributed by atoms with Crippen LogP contribution in [0.3, 0.4) is 0 Å². The highest BCUT2D eigenvalue weighted by Crippen LogP contribution is 2.24. The Hall–Kier alpha value is -1.04. The number of rotatable bonds is 5. The molecule has 0 amide bonds. The fourth-order valence-corrected chi connectivity index (χ4v) is 1.03. The Morgan fingerprint density at radius 3 is 2.08 bits per heavy atom. The topological polar surface area (TPSA) is 20.2 Å². The lowest BCUT2D eigenvalue weighted by molar-refractivity contribution is 0.0851. The zero-order valence-electron chi connectivity index (χ0n) is 7.64. The van der Waals surface area contributed by atoms with E-state index in [1.165, 1.54) is 0 Å². The van der Waals surface area contributed by atoms with E-state index in [1.807, 2.05) is 0 Å². The largest absolute Gasteiger partial charge is 0.384 e. The van der Waals surface area contributed by atoms with Gasteiger partial charge in [-0.2, -0.15) is 0 Å². The van der Waals surface area contributed by atoms with Crippen LogP contribution >= 0.6 is 0 Å². The molecule has 1 nitrogen and oxygen atoms in total. The van der Waals surface area contributed by atoms with E-state index < -0.39 is 5.60 Å². The first-order valence-corrected chi connectivity index (χ1v) is 3.92. The van der Waals surface area contributed by atoms with E-state index in [0.717, 1.165) is 5.57 Å². The van der Waals surface area contributed by atoms with Gasteiger partial charge < -0.3 is 5.11 Å². The molecule has 0 heterocycles. The van der Waals surface area contributed by atoms with Gasteiger partial charge in [-0.1, -0.05) is 18.7 Å². The van der Waals surface area contributed by atoms with Gasteiger partial charge >= 0.3 is 0 Å². The summed E-state index contributed by atoms with van der Waals surface area (Å²) in [7, 11) is 0. The summed E-state index contributed by atoms with van der Waals surface area (Å²) in [5.41, 5.74) is 2.55. The Morgan fingerprint density at radius 2 is 1.83 bits per heavy atom. The van der Waals surface area contributed by atoms with Crippen LogP contribution in [0.25, 0.3) is 0 Å². The van der Waals surface area contributed by atoms with Gasteiger partial charge in [0.25, 0.3) is 0 Å². The zero-order chi connectivity index (χ0) is 9.61. The first-order valence-electron chi connectivity index (χ1n) is 3.92. The Bertz CT molecular complexity index is 209. The lowest BCUT2D eigenvalue weighted by atomic mass is 9.88. The normalized spacial score (nSPS) is 10.2. The van der Waals surface area contributed by atoms with Gasteiger partial charge in [0.15, 0.2) is 0 Å². The molecule has 0 aliphatic carbocycles. The van der Waals surface area contributed by atoms with Crippen LogP contribution in [-0.2, 0) is 0 Å². The standard InChI is InChI=1S/C11H16O/c1-5-8-11(12,9-6-2)10(4)7-3/h5-6,12H,1-3,8-9H2,4H3. The van der Waals surface area contributed by atoms with E-state index in [1.54, 1.807) is 19.1 Å². The van der Waals surface area contributed by atoms with Gasteiger partial charge in [-0.05, 0) is 19.8 Å². The van der Waals surface area contributed by atoms with Crippen LogP contribution in [-0.4, -0.2) is 10.7 Å². The van der Waals surface area contributed by atoms with Gasteiger partial charge in [-0.3, -0.25) is 0 Å². The molecule has 0 aromatic carbocycles. The van der Waals surface area contributed by atoms with Gasteiger partial charge in [0, 0.05) is 5.57 Å². The predicted octanol–water partition coefficient (Wildman–Crippen LogP) is 2.60. The monoisotopic (exact) mass is 164 g/mol. The van der Waals surface area contributed by atoms with Crippen molar-refractivity contribution in [2.24, 2.45) is 0 Å². The quantitative estimate of drug-likeness (QED) is 0.489. The van der Waals surface area contributed by atoms with Crippen molar-refractivity contribution in [1.82, 2.24) is 0 Å². The van der Waals surface area contributed by atoms with Crippen molar-refractivity contribution in [3.63, 3.8) is 0 Å². The molecule has 0 aromatic heterocycles. The molecule has 0 saturated carbocycles. The first-order chi connectivity index (χ1) is 5.60. The maximum Gasteiger partial charge on any atom is 0.0995 e. The molecule has 66 valence electrons. The lowest BCUT2D eigenvalue weighted by Crippen LogP contribution is -2.28. The summed E-state index contributed by atoms with van der Waals surface area (Å²) < 4.78 is 0. The van der Waals surface area contributed by atoms with Crippen molar-refractivity contribution in [3.05, 3.63) is 43.2 Å².